The van der Waals surface area contributed by atoms with Gasteiger partial charge in [-0.05, 0) is 32.9 Å². The summed E-state index contributed by atoms with van der Waals surface area (Å²) in [5, 5.41) is 5.84. The van der Waals surface area contributed by atoms with Crippen molar-refractivity contribution in [2.75, 3.05) is 11.1 Å². The molecule has 156 valence electrons. The number of fused-ring (bicyclic) bond motifs is 1. The van der Waals surface area contributed by atoms with E-state index in [4.69, 9.17) is 10.3 Å². The van der Waals surface area contributed by atoms with Crippen LogP contribution in [0.1, 0.15) is 31.4 Å². The summed E-state index contributed by atoms with van der Waals surface area (Å²) >= 11 is 0. The van der Waals surface area contributed by atoms with Crippen molar-refractivity contribution in [3.8, 4) is 11.4 Å². The third-order valence-electron chi connectivity index (χ3n) is 4.26. The Kier molecular flexibility index (Phi) is 4.33. The molecule has 3 N–H and O–H groups in total. The van der Waals surface area contributed by atoms with Crippen molar-refractivity contribution in [1.82, 2.24) is 34.5 Å². The first-order chi connectivity index (χ1) is 14.0. The fourth-order valence-corrected chi connectivity index (χ4v) is 2.75. The van der Waals surface area contributed by atoms with Crippen LogP contribution in [0.5, 0.6) is 0 Å². The zero-order chi connectivity index (χ0) is 21.7. The Balaban J connectivity index is 1.67. The van der Waals surface area contributed by atoms with E-state index in [1.807, 2.05) is 17.4 Å². The van der Waals surface area contributed by atoms with Crippen LogP contribution in [0.4, 0.5) is 25.1 Å². The molecule has 0 aliphatic heterocycles. The van der Waals surface area contributed by atoms with Gasteiger partial charge in [0.05, 0.1) is 11.7 Å². The zero-order valence-electron chi connectivity index (χ0n) is 16.1. The van der Waals surface area contributed by atoms with Gasteiger partial charge in [-0.15, -0.1) is 0 Å². The fraction of sp³-hybridized carbons (Fsp3) is 0.294. The van der Waals surface area contributed by atoms with E-state index in [1.54, 1.807) is 32.3 Å². The second kappa shape index (κ2) is 6.64. The Hall–Kier alpha value is -3.77. The Morgan fingerprint density at radius 3 is 2.57 bits per heavy atom. The predicted octanol–water partition coefficient (Wildman–Crippen LogP) is 2.83. The third kappa shape index (κ3) is 3.60. The zero-order valence-corrected chi connectivity index (χ0v) is 16.1. The van der Waals surface area contributed by atoms with E-state index < -0.39 is 17.5 Å². The van der Waals surface area contributed by atoms with Gasteiger partial charge in [0, 0.05) is 11.8 Å². The molecule has 0 aromatic carbocycles. The summed E-state index contributed by atoms with van der Waals surface area (Å²) < 4.78 is 44.9. The lowest BCUT2D eigenvalue weighted by atomic mass is 10.1. The minimum Gasteiger partial charge on any atom is -0.368 e. The Labute approximate surface area is 167 Å². The van der Waals surface area contributed by atoms with E-state index in [-0.39, 0.29) is 23.6 Å². The normalized spacial score (nSPS) is 12.5. The molecule has 30 heavy (non-hydrogen) atoms. The second-order valence-corrected chi connectivity index (χ2v) is 7.03. The van der Waals surface area contributed by atoms with Crippen molar-refractivity contribution >= 4 is 17.4 Å². The maximum atomic E-state index is 12.8. The highest BCUT2D eigenvalue weighted by Crippen LogP contribution is 2.30. The van der Waals surface area contributed by atoms with Crippen LogP contribution in [0.25, 0.3) is 16.9 Å². The molecule has 0 fully saturated rings. The summed E-state index contributed by atoms with van der Waals surface area (Å²) in [4.78, 5) is 20.1. The summed E-state index contributed by atoms with van der Waals surface area (Å²) in [5.41, 5.74) is 6.15. The van der Waals surface area contributed by atoms with Crippen LogP contribution in [0.3, 0.4) is 0 Å². The smallest absolute Gasteiger partial charge is 0.368 e. The molecule has 0 unspecified atom stereocenters. The van der Waals surface area contributed by atoms with Gasteiger partial charge in [0.25, 0.3) is 11.7 Å². The fourth-order valence-electron chi connectivity index (χ4n) is 2.75. The van der Waals surface area contributed by atoms with Crippen LogP contribution < -0.4 is 11.1 Å². The van der Waals surface area contributed by atoms with Crippen molar-refractivity contribution in [2.24, 2.45) is 0 Å². The number of imidazole rings is 1. The van der Waals surface area contributed by atoms with Crippen molar-refractivity contribution < 1.29 is 17.7 Å². The molecule has 4 aromatic rings. The molecule has 0 amide bonds. The molecule has 0 saturated carbocycles. The lowest BCUT2D eigenvalue weighted by Crippen LogP contribution is -2.30. The molecule has 0 saturated heterocycles. The Morgan fingerprint density at radius 2 is 1.87 bits per heavy atom. The minimum absolute atomic E-state index is 0.0386. The van der Waals surface area contributed by atoms with Crippen LogP contribution in [0.2, 0.25) is 0 Å². The van der Waals surface area contributed by atoms with Gasteiger partial charge in [0.15, 0.2) is 5.82 Å². The molecule has 0 bridgehead atoms. The number of rotatable bonds is 4. The number of alkyl halides is 3. The van der Waals surface area contributed by atoms with Crippen LogP contribution in [0.15, 0.2) is 29.0 Å². The molecule has 4 heterocycles. The SMILES string of the molecule is Cc1ncc2ccc(-c3nc(N)nc(NC(C)(C)c4nc(C(F)(F)F)no4)n3)cn12. The predicted molar refractivity (Wildman–Crippen MR) is 99.1 cm³/mol. The number of nitrogen functional groups attached to an aromatic ring is 1. The second-order valence-electron chi connectivity index (χ2n) is 7.03. The first kappa shape index (κ1) is 19.5. The minimum atomic E-state index is -4.72. The molecule has 0 radical (unpaired) electrons. The van der Waals surface area contributed by atoms with Crippen molar-refractivity contribution in [3.05, 3.63) is 42.1 Å². The molecule has 0 atom stereocenters. The number of nitrogens with zero attached hydrogens (tertiary/aromatic N) is 7. The van der Waals surface area contributed by atoms with E-state index >= 15 is 0 Å². The van der Waals surface area contributed by atoms with Gasteiger partial charge in [0.2, 0.25) is 11.9 Å². The van der Waals surface area contributed by atoms with Crippen LogP contribution >= 0.6 is 0 Å². The average molecular weight is 419 g/mol. The topological polar surface area (TPSA) is 133 Å². The molecular formula is C17H16F3N9O. The number of aromatic nitrogens is 7. The summed E-state index contributed by atoms with van der Waals surface area (Å²) in [6, 6.07) is 3.65. The van der Waals surface area contributed by atoms with Gasteiger partial charge >= 0.3 is 6.18 Å². The number of aryl methyl sites for hydroxylation is 1. The van der Waals surface area contributed by atoms with E-state index in [2.05, 4.69) is 35.4 Å². The standard InChI is InChI=1S/C17H16F3N9O/c1-8-22-6-10-5-4-9(7-29(8)10)11-23-14(21)26-15(24-11)27-16(2,3)13-25-12(28-30-13)17(18,19)20/h4-7H,1-3H3,(H3,21,23,24,26,27). The maximum Gasteiger partial charge on any atom is 0.455 e. The van der Waals surface area contributed by atoms with Gasteiger partial charge in [-0.25, -0.2) is 4.98 Å². The molecular weight excluding hydrogens is 403 g/mol. The number of halogens is 3. The summed E-state index contributed by atoms with van der Waals surface area (Å²) in [5.74, 6) is -0.625. The summed E-state index contributed by atoms with van der Waals surface area (Å²) in [6.07, 6.45) is -1.18. The quantitative estimate of drug-likeness (QED) is 0.512. The highest BCUT2D eigenvalue weighted by Gasteiger charge is 2.40. The number of anilines is 2. The summed E-state index contributed by atoms with van der Waals surface area (Å²) in [7, 11) is 0. The first-order valence-corrected chi connectivity index (χ1v) is 8.68. The number of nitrogens with one attached hydrogen (secondary N) is 1. The number of nitrogens with two attached hydrogens (primary N) is 1. The molecule has 0 aliphatic carbocycles. The van der Waals surface area contributed by atoms with Crippen molar-refractivity contribution in [2.45, 2.75) is 32.5 Å². The lowest BCUT2D eigenvalue weighted by molar-refractivity contribution is -0.146. The van der Waals surface area contributed by atoms with Crippen molar-refractivity contribution in [1.29, 1.82) is 0 Å². The highest BCUT2D eigenvalue weighted by molar-refractivity contribution is 5.61. The average Bonchev–Trinajstić information content (AvgIpc) is 3.28. The van der Waals surface area contributed by atoms with Crippen LogP contribution in [-0.4, -0.2) is 34.5 Å². The monoisotopic (exact) mass is 419 g/mol. The third-order valence-corrected chi connectivity index (χ3v) is 4.26. The Bertz CT molecular complexity index is 1230. The van der Waals surface area contributed by atoms with E-state index in [0.29, 0.717) is 5.56 Å². The number of hydrogen-bond donors (Lipinski definition) is 2. The Morgan fingerprint density at radius 1 is 1.10 bits per heavy atom. The van der Waals surface area contributed by atoms with Gasteiger partial charge in [-0.2, -0.15) is 33.1 Å². The van der Waals surface area contributed by atoms with Gasteiger partial charge in [-0.3, -0.25) is 0 Å². The molecule has 13 heteroatoms. The number of hydrogen-bond acceptors (Lipinski definition) is 9. The molecule has 0 spiro atoms. The highest BCUT2D eigenvalue weighted by atomic mass is 19.4. The van der Waals surface area contributed by atoms with Gasteiger partial charge in [-0.1, -0.05) is 5.16 Å². The molecule has 10 nitrogen and oxygen atoms in total. The van der Waals surface area contributed by atoms with Gasteiger partial charge < -0.3 is 20.0 Å². The summed E-state index contributed by atoms with van der Waals surface area (Å²) in [6.45, 7) is 4.94. The van der Waals surface area contributed by atoms with Crippen molar-refractivity contribution in [3.63, 3.8) is 0 Å². The molecule has 4 rings (SSSR count). The molecule has 0 aliphatic rings. The van der Waals surface area contributed by atoms with Crippen LogP contribution in [0, 0.1) is 6.92 Å². The lowest BCUT2D eigenvalue weighted by Gasteiger charge is -2.21. The maximum absolute atomic E-state index is 12.8. The molecule has 4 aromatic heterocycles. The van der Waals surface area contributed by atoms with Crippen LogP contribution in [-0.2, 0) is 11.7 Å². The van der Waals surface area contributed by atoms with E-state index in [1.165, 1.54) is 0 Å². The first-order valence-electron chi connectivity index (χ1n) is 8.68. The van der Waals surface area contributed by atoms with Gasteiger partial charge in [0.1, 0.15) is 11.4 Å². The van der Waals surface area contributed by atoms with E-state index in [9.17, 15) is 13.2 Å². The number of pyridine rings is 1. The van der Waals surface area contributed by atoms with E-state index in [0.717, 1.165) is 11.3 Å². The largest absolute Gasteiger partial charge is 0.455 e.